The van der Waals surface area contributed by atoms with Gasteiger partial charge in [0.2, 0.25) is 0 Å². The third-order valence-corrected chi connectivity index (χ3v) is 63.6. The fourth-order valence-corrected chi connectivity index (χ4v) is 66.0. The molecule has 1 heterocycles. The summed E-state index contributed by atoms with van der Waals surface area (Å²) in [7, 11) is 0. The number of hydrogen-bond acceptors (Lipinski definition) is 1. The van der Waals surface area contributed by atoms with Crippen LogP contribution in [0, 0.1) is 0 Å². The van der Waals surface area contributed by atoms with Gasteiger partial charge in [-0.2, -0.15) is 0 Å². The third kappa shape index (κ3) is 3.35. The molecule has 20 heavy (non-hydrogen) atoms. The first-order valence-electron chi connectivity index (χ1n) is 9.23. The van der Waals surface area contributed by atoms with Crippen molar-refractivity contribution in [2.75, 3.05) is 0 Å². The van der Waals surface area contributed by atoms with E-state index in [-0.39, 0.29) is 5.60 Å². The third-order valence-electron chi connectivity index (χ3n) is 6.33. The molecule has 1 aliphatic heterocycles. The molecule has 120 valence electrons. The molecule has 0 N–H and O–H groups in total. The van der Waals surface area contributed by atoms with Crippen LogP contribution in [0.2, 0.25) is 26.3 Å². The summed E-state index contributed by atoms with van der Waals surface area (Å²) in [6, 6.07) is 0. The van der Waals surface area contributed by atoms with Gasteiger partial charge in [0.1, 0.15) is 0 Å². The Morgan fingerprint density at radius 3 is 1.70 bits per heavy atom. The van der Waals surface area contributed by atoms with E-state index in [4.69, 9.17) is 3.76 Å². The first kappa shape index (κ1) is 19.1. The van der Waals surface area contributed by atoms with E-state index in [9.17, 15) is 0 Å². The van der Waals surface area contributed by atoms with Gasteiger partial charge in [-0.3, -0.25) is 0 Å². The maximum absolute atomic E-state index is 7.25. The van der Waals surface area contributed by atoms with Gasteiger partial charge < -0.3 is 0 Å². The SMILES string of the molecule is CC[CH2][Ge]1([CH2]CC)[CH2]CC(CC)(CC)[O][Ge]1([CH2]C)[CH2]C. The molecule has 0 aromatic heterocycles. The Kier molecular flexibility index (Phi) is 7.69. The normalized spacial score (nSPS) is 23.7. The van der Waals surface area contributed by atoms with Crippen LogP contribution in [0.1, 0.15) is 73.6 Å². The standard InChI is InChI=1S/C17H38Ge2O/c1-7-14-18(15-8-2)16-13-17(9-3,10-4)20-19(18,11-5)12-6/h7-16H2,1-6H3. The quantitative estimate of drug-likeness (QED) is 0.432. The van der Waals surface area contributed by atoms with Crippen LogP contribution in [0.4, 0.5) is 0 Å². The second kappa shape index (κ2) is 8.05. The molecule has 0 atom stereocenters. The average molecular weight is 404 g/mol. The van der Waals surface area contributed by atoms with Gasteiger partial charge in [-0.05, 0) is 0 Å². The summed E-state index contributed by atoms with van der Waals surface area (Å²) in [6.45, 7) is 14.5. The summed E-state index contributed by atoms with van der Waals surface area (Å²) in [4.78, 5) is 0. The van der Waals surface area contributed by atoms with Crippen LogP contribution in [-0.2, 0) is 3.76 Å². The van der Waals surface area contributed by atoms with Gasteiger partial charge in [0.25, 0.3) is 0 Å². The van der Waals surface area contributed by atoms with E-state index >= 15 is 0 Å². The number of rotatable bonds is 8. The Morgan fingerprint density at radius 1 is 0.850 bits per heavy atom. The molecule has 0 radical (unpaired) electrons. The summed E-state index contributed by atoms with van der Waals surface area (Å²) in [5, 5.41) is 7.75. The van der Waals surface area contributed by atoms with Gasteiger partial charge in [0, 0.05) is 0 Å². The zero-order chi connectivity index (χ0) is 15.3. The molecule has 1 nitrogen and oxygen atoms in total. The molecule has 0 aromatic carbocycles. The van der Waals surface area contributed by atoms with Crippen LogP contribution in [0.15, 0.2) is 0 Å². The summed E-state index contributed by atoms with van der Waals surface area (Å²) in [5.41, 5.74) is 0.280. The van der Waals surface area contributed by atoms with Crippen molar-refractivity contribution in [1.29, 1.82) is 0 Å². The van der Waals surface area contributed by atoms with Gasteiger partial charge in [0.15, 0.2) is 0 Å². The first-order chi connectivity index (χ1) is 9.53. The Balaban J connectivity index is 3.18. The van der Waals surface area contributed by atoms with E-state index in [0.29, 0.717) is 0 Å². The van der Waals surface area contributed by atoms with E-state index in [1.807, 2.05) is 0 Å². The van der Waals surface area contributed by atoms with Crippen molar-refractivity contribution < 1.29 is 3.76 Å². The van der Waals surface area contributed by atoms with E-state index < -0.39 is 22.9 Å². The molecule has 0 spiro atoms. The topological polar surface area (TPSA) is 9.23 Å². The second-order valence-electron chi connectivity index (χ2n) is 6.97. The second-order valence-corrected chi connectivity index (χ2v) is 44.6. The molecule has 3 heteroatoms. The predicted molar refractivity (Wildman–Crippen MR) is 96.5 cm³/mol. The Hall–Kier alpha value is 1.05. The zero-order valence-corrected chi connectivity index (χ0v) is 19.2. The first-order valence-corrected chi connectivity index (χ1v) is 24.0. The zero-order valence-electron chi connectivity index (χ0n) is 15.0. The molecule has 0 amide bonds. The number of hydrogen-bond donors (Lipinski definition) is 0. The van der Waals surface area contributed by atoms with Crippen molar-refractivity contribution in [3.63, 3.8) is 0 Å². The molecular weight excluding hydrogens is 365 g/mol. The van der Waals surface area contributed by atoms with E-state index in [1.54, 1.807) is 15.8 Å². The Labute approximate surface area is 132 Å². The molecule has 1 saturated heterocycles. The van der Waals surface area contributed by atoms with Crippen LogP contribution in [0.3, 0.4) is 0 Å². The molecule has 0 aromatic rings. The van der Waals surface area contributed by atoms with Gasteiger partial charge in [-0.25, -0.2) is 0 Å². The van der Waals surface area contributed by atoms with Gasteiger partial charge in [-0.1, -0.05) is 0 Å². The van der Waals surface area contributed by atoms with Crippen molar-refractivity contribution in [3.8, 4) is 0 Å². The van der Waals surface area contributed by atoms with Crippen LogP contribution >= 0.6 is 0 Å². The van der Waals surface area contributed by atoms with Crippen molar-refractivity contribution >= 4 is 22.9 Å². The van der Waals surface area contributed by atoms with E-state index in [2.05, 4.69) is 41.5 Å². The molecule has 0 bridgehead atoms. The Morgan fingerprint density at radius 2 is 1.35 bits per heavy atom. The monoisotopic (exact) mass is 406 g/mol. The molecule has 0 unspecified atom stereocenters. The van der Waals surface area contributed by atoms with Crippen molar-refractivity contribution in [2.45, 2.75) is 106 Å². The van der Waals surface area contributed by atoms with Gasteiger partial charge >= 0.3 is 132 Å². The van der Waals surface area contributed by atoms with Crippen LogP contribution in [0.5, 0.6) is 0 Å². The fraction of sp³-hybridized carbons (Fsp3) is 1.00. The average Bonchev–Trinajstić information content (AvgIpc) is 2.49. The van der Waals surface area contributed by atoms with Gasteiger partial charge in [-0.15, -0.1) is 0 Å². The molecular formula is C17H38Ge2O. The summed E-state index contributed by atoms with van der Waals surface area (Å²) >= 11 is -3.78. The van der Waals surface area contributed by atoms with Crippen molar-refractivity contribution in [2.24, 2.45) is 0 Å². The molecule has 1 aliphatic rings. The van der Waals surface area contributed by atoms with Crippen LogP contribution < -0.4 is 0 Å². The summed E-state index contributed by atoms with van der Waals surface area (Å²) in [6.07, 6.45) is 6.72. The summed E-state index contributed by atoms with van der Waals surface area (Å²) < 4.78 is 7.25. The Bertz CT molecular complexity index is 277. The van der Waals surface area contributed by atoms with Crippen LogP contribution in [0.25, 0.3) is 0 Å². The molecule has 1 fully saturated rings. The summed E-state index contributed by atoms with van der Waals surface area (Å²) in [5.74, 6) is 0. The van der Waals surface area contributed by atoms with E-state index in [1.165, 1.54) is 42.6 Å². The molecule has 0 saturated carbocycles. The van der Waals surface area contributed by atoms with E-state index in [0.717, 1.165) is 0 Å². The fourth-order valence-electron chi connectivity index (χ4n) is 4.95. The molecule has 1 rings (SSSR count). The minimum atomic E-state index is -2.05. The minimum absolute atomic E-state index is 0.280. The maximum atomic E-state index is 7.25. The molecule has 0 aliphatic carbocycles. The van der Waals surface area contributed by atoms with Crippen LogP contribution in [-0.4, -0.2) is 28.5 Å². The van der Waals surface area contributed by atoms with Gasteiger partial charge in [0.05, 0.1) is 0 Å². The predicted octanol–water partition coefficient (Wildman–Crippen LogP) is 6.30. The van der Waals surface area contributed by atoms with Crippen molar-refractivity contribution in [1.82, 2.24) is 0 Å². The van der Waals surface area contributed by atoms with Crippen molar-refractivity contribution in [3.05, 3.63) is 0 Å².